The summed E-state index contributed by atoms with van der Waals surface area (Å²) in [4.78, 5) is 0. The Morgan fingerprint density at radius 2 is 1.87 bits per heavy atom. The molecule has 1 saturated carbocycles. The zero-order valence-electron chi connectivity index (χ0n) is 16.4. The molecule has 0 aliphatic heterocycles. The number of halogens is 3. The van der Waals surface area contributed by atoms with Crippen molar-refractivity contribution < 1.29 is 26.3 Å². The average Bonchev–Trinajstić information content (AvgIpc) is 3.42. The number of hydrogen-bond acceptors (Lipinski definition) is 4. The number of nitriles is 1. The summed E-state index contributed by atoms with van der Waals surface area (Å²) in [6.45, 7) is 0.562. The van der Waals surface area contributed by atoms with Gasteiger partial charge in [-0.1, -0.05) is 12.1 Å². The van der Waals surface area contributed by atoms with Gasteiger partial charge in [0.15, 0.2) is 0 Å². The van der Waals surface area contributed by atoms with E-state index in [-0.39, 0.29) is 5.75 Å². The molecule has 1 aliphatic rings. The predicted molar refractivity (Wildman–Crippen MR) is 110 cm³/mol. The molecule has 10 heteroatoms. The maximum absolute atomic E-state index is 12.7. The molecule has 0 amide bonds. The molecular weight excluding hydrogens is 431 g/mol. The van der Waals surface area contributed by atoms with Crippen LogP contribution in [0.15, 0.2) is 42.5 Å². The summed E-state index contributed by atoms with van der Waals surface area (Å²) in [5, 5.41) is 10.4. The van der Waals surface area contributed by atoms with E-state index in [1.165, 1.54) is 18.2 Å². The Kier molecular flexibility index (Phi) is 5.09. The van der Waals surface area contributed by atoms with Gasteiger partial charge in [0.25, 0.3) is 0 Å². The molecule has 3 aromatic rings. The van der Waals surface area contributed by atoms with Gasteiger partial charge in [-0.3, -0.25) is 4.72 Å². The molecule has 0 atom stereocenters. The quantitative estimate of drug-likeness (QED) is 0.583. The van der Waals surface area contributed by atoms with Gasteiger partial charge in [-0.25, -0.2) is 8.42 Å². The van der Waals surface area contributed by atoms with Crippen molar-refractivity contribution in [2.45, 2.75) is 25.7 Å². The minimum Gasteiger partial charge on any atom is -0.406 e. The summed E-state index contributed by atoms with van der Waals surface area (Å²) < 4.78 is 69.3. The molecule has 1 fully saturated rings. The average molecular weight is 449 g/mol. The van der Waals surface area contributed by atoms with E-state index in [1.54, 1.807) is 24.3 Å². The Bertz CT molecular complexity index is 1290. The Balaban J connectivity index is 1.86. The number of sulfonamides is 1. The van der Waals surface area contributed by atoms with Crippen molar-refractivity contribution >= 4 is 26.6 Å². The fourth-order valence-corrected chi connectivity index (χ4v) is 4.16. The third-order valence-electron chi connectivity index (χ3n) is 4.98. The molecule has 0 saturated heterocycles. The highest BCUT2D eigenvalue weighted by atomic mass is 32.2. The fourth-order valence-electron chi connectivity index (χ4n) is 3.60. The summed E-state index contributed by atoms with van der Waals surface area (Å²) in [5.74, 6) is 0.0394. The van der Waals surface area contributed by atoms with Gasteiger partial charge in [0.1, 0.15) is 11.8 Å². The molecule has 1 aliphatic carbocycles. The van der Waals surface area contributed by atoms with Gasteiger partial charge in [0, 0.05) is 23.7 Å². The summed E-state index contributed by atoms with van der Waals surface area (Å²) in [6.07, 6.45) is -1.75. The van der Waals surface area contributed by atoms with Crippen LogP contribution in [-0.2, 0) is 16.6 Å². The van der Waals surface area contributed by atoms with Crippen molar-refractivity contribution in [2.75, 3.05) is 11.0 Å². The highest BCUT2D eigenvalue weighted by molar-refractivity contribution is 7.92. The van der Waals surface area contributed by atoms with Crippen molar-refractivity contribution in [1.29, 1.82) is 5.26 Å². The number of aromatic nitrogens is 1. The number of hydrogen-bond donors (Lipinski definition) is 1. The molecule has 162 valence electrons. The number of nitrogens with zero attached hydrogens (tertiary/aromatic N) is 2. The molecule has 4 rings (SSSR count). The van der Waals surface area contributed by atoms with Crippen LogP contribution in [0.25, 0.3) is 22.2 Å². The van der Waals surface area contributed by atoms with Crippen LogP contribution >= 0.6 is 0 Å². The van der Waals surface area contributed by atoms with Crippen molar-refractivity contribution in [3.63, 3.8) is 0 Å². The first-order valence-electron chi connectivity index (χ1n) is 9.44. The Morgan fingerprint density at radius 1 is 1.19 bits per heavy atom. The largest absolute Gasteiger partial charge is 0.573 e. The van der Waals surface area contributed by atoms with Crippen LogP contribution in [0.1, 0.15) is 18.4 Å². The number of alkyl halides is 3. The third-order valence-corrected chi connectivity index (χ3v) is 5.59. The molecule has 0 spiro atoms. The van der Waals surface area contributed by atoms with Gasteiger partial charge in [-0.15, -0.1) is 13.2 Å². The number of ether oxygens (including phenoxy) is 1. The lowest BCUT2D eigenvalue weighted by Crippen LogP contribution is -2.17. The van der Waals surface area contributed by atoms with Gasteiger partial charge in [-0.2, -0.15) is 5.26 Å². The summed E-state index contributed by atoms with van der Waals surface area (Å²) in [7, 11) is -3.44. The number of anilines is 1. The second kappa shape index (κ2) is 7.50. The van der Waals surface area contributed by atoms with Gasteiger partial charge < -0.3 is 9.30 Å². The van der Waals surface area contributed by atoms with Crippen molar-refractivity contribution in [3.8, 4) is 23.1 Å². The predicted octanol–water partition coefficient (Wildman–Crippen LogP) is 4.86. The normalized spacial score (nSPS) is 14.4. The second-order valence-electron chi connectivity index (χ2n) is 7.57. The Hall–Kier alpha value is -3.19. The topological polar surface area (TPSA) is 84.1 Å². The molecule has 1 aromatic heterocycles. The molecule has 0 unspecified atom stereocenters. The maximum Gasteiger partial charge on any atom is 0.573 e. The minimum absolute atomic E-state index is 0.345. The van der Waals surface area contributed by atoms with Gasteiger partial charge in [-0.05, 0) is 48.6 Å². The number of nitrogens with one attached hydrogen (secondary N) is 1. The molecule has 31 heavy (non-hydrogen) atoms. The molecule has 0 bridgehead atoms. The van der Waals surface area contributed by atoms with E-state index in [9.17, 15) is 26.9 Å². The highest BCUT2D eigenvalue weighted by Crippen LogP contribution is 2.40. The maximum atomic E-state index is 12.7. The molecule has 1 heterocycles. The summed E-state index contributed by atoms with van der Waals surface area (Å²) >= 11 is 0. The monoisotopic (exact) mass is 449 g/mol. The lowest BCUT2D eigenvalue weighted by atomic mass is 10.1. The van der Waals surface area contributed by atoms with Crippen molar-refractivity contribution in [2.24, 2.45) is 5.92 Å². The lowest BCUT2D eigenvalue weighted by molar-refractivity contribution is -0.274. The summed E-state index contributed by atoms with van der Waals surface area (Å²) in [5.41, 5.74) is 2.44. The van der Waals surface area contributed by atoms with Crippen LogP contribution < -0.4 is 9.46 Å². The zero-order valence-corrected chi connectivity index (χ0v) is 17.2. The molecular formula is C21H18F3N3O3S. The molecule has 2 aromatic carbocycles. The SMILES string of the molecule is CS(=O)(=O)Nc1ccc(-c2c(C#N)c3ccc(OC(F)(F)F)cc3n2CC2CC2)cc1. The third kappa shape index (κ3) is 4.77. The zero-order chi connectivity index (χ0) is 22.4. The standard InChI is InChI=1S/C21H18F3N3O3S/c1-31(28,29)26-15-6-4-14(5-7-15)20-18(11-25)17-9-8-16(30-21(22,23)24)10-19(17)27(20)12-13-2-3-13/h4-10,13,26H,2-3,12H2,1H3. The second-order valence-corrected chi connectivity index (χ2v) is 9.32. The highest BCUT2D eigenvalue weighted by Gasteiger charge is 2.32. The fraction of sp³-hybridized carbons (Fsp3) is 0.286. The van der Waals surface area contributed by atoms with E-state index >= 15 is 0 Å². The van der Waals surface area contributed by atoms with Crippen LogP contribution in [0.4, 0.5) is 18.9 Å². The smallest absolute Gasteiger partial charge is 0.406 e. The first-order chi connectivity index (χ1) is 14.5. The molecule has 6 nitrogen and oxygen atoms in total. The number of benzene rings is 2. The summed E-state index contributed by atoms with van der Waals surface area (Å²) in [6, 6.07) is 12.6. The Morgan fingerprint density at radius 3 is 2.42 bits per heavy atom. The number of fused-ring (bicyclic) bond motifs is 1. The van der Waals surface area contributed by atoms with E-state index in [0.29, 0.717) is 45.9 Å². The number of rotatable bonds is 6. The van der Waals surface area contributed by atoms with Crippen LogP contribution in [0, 0.1) is 17.2 Å². The van der Waals surface area contributed by atoms with Crippen LogP contribution in [0.3, 0.4) is 0 Å². The van der Waals surface area contributed by atoms with E-state index < -0.39 is 16.4 Å². The van der Waals surface area contributed by atoms with Crippen molar-refractivity contribution in [3.05, 3.63) is 48.0 Å². The first-order valence-corrected chi connectivity index (χ1v) is 11.3. The van der Waals surface area contributed by atoms with Crippen LogP contribution in [0.2, 0.25) is 0 Å². The van der Waals surface area contributed by atoms with E-state index in [2.05, 4.69) is 15.5 Å². The van der Waals surface area contributed by atoms with E-state index in [1.807, 2.05) is 4.57 Å². The van der Waals surface area contributed by atoms with Gasteiger partial charge >= 0.3 is 6.36 Å². The first kappa shape index (κ1) is 21.1. The van der Waals surface area contributed by atoms with Gasteiger partial charge in [0.2, 0.25) is 10.0 Å². The lowest BCUT2D eigenvalue weighted by Gasteiger charge is -2.13. The van der Waals surface area contributed by atoms with Crippen LogP contribution in [0.5, 0.6) is 5.75 Å². The Labute approximate surface area is 176 Å². The van der Waals surface area contributed by atoms with E-state index in [4.69, 9.17) is 0 Å². The van der Waals surface area contributed by atoms with Gasteiger partial charge in [0.05, 0.1) is 23.0 Å². The molecule has 1 N–H and O–H groups in total. The minimum atomic E-state index is -4.81. The van der Waals surface area contributed by atoms with E-state index in [0.717, 1.165) is 19.1 Å². The molecule has 0 radical (unpaired) electrons. The van der Waals surface area contributed by atoms with Crippen LogP contribution in [-0.4, -0.2) is 25.6 Å². The van der Waals surface area contributed by atoms with Crippen molar-refractivity contribution in [1.82, 2.24) is 4.57 Å².